The minimum Gasteiger partial charge on any atom is -0.322 e. The van der Waals surface area contributed by atoms with E-state index in [2.05, 4.69) is 15.4 Å². The summed E-state index contributed by atoms with van der Waals surface area (Å²) in [6.07, 6.45) is 1.64. The van der Waals surface area contributed by atoms with Crippen molar-refractivity contribution in [3.05, 3.63) is 52.8 Å². The van der Waals surface area contributed by atoms with Crippen molar-refractivity contribution in [3.63, 3.8) is 0 Å². The molecule has 0 aliphatic carbocycles. The van der Waals surface area contributed by atoms with Crippen molar-refractivity contribution >= 4 is 34.4 Å². The summed E-state index contributed by atoms with van der Waals surface area (Å²) in [7, 11) is 1.44. The molecule has 1 aromatic carbocycles. The predicted octanol–water partition coefficient (Wildman–Crippen LogP) is 2.80. The lowest BCUT2D eigenvalue weighted by atomic mass is 10.1. The second-order valence-electron chi connectivity index (χ2n) is 7.12. The summed E-state index contributed by atoms with van der Waals surface area (Å²) in [6, 6.07) is 6.52. The quantitative estimate of drug-likeness (QED) is 0.708. The van der Waals surface area contributed by atoms with Gasteiger partial charge in [-0.05, 0) is 45.0 Å². The molecule has 3 aromatic rings. The first-order valence-corrected chi connectivity index (χ1v) is 8.90. The number of aryl methyl sites for hydroxylation is 1. The molecule has 0 radical (unpaired) electrons. The van der Waals surface area contributed by atoms with E-state index in [1.807, 2.05) is 20.8 Å². The van der Waals surface area contributed by atoms with Crippen LogP contribution in [0.3, 0.4) is 0 Å². The Bertz CT molecular complexity index is 1160. The second-order valence-corrected chi connectivity index (χ2v) is 7.12. The Morgan fingerprint density at radius 1 is 1.11 bits per heavy atom. The molecule has 2 aromatic heterocycles. The maximum atomic E-state index is 12.9. The number of hydrogen-bond donors (Lipinski definition) is 1. The largest absolute Gasteiger partial charge is 0.322 e. The van der Waals surface area contributed by atoms with Gasteiger partial charge in [0, 0.05) is 24.5 Å². The smallest absolute Gasteiger partial charge is 0.261 e. The molecule has 0 unspecified atom stereocenters. The number of imide groups is 1. The number of carbonyl (C=O) groups is 3. The zero-order valence-electron chi connectivity index (χ0n) is 16.0. The van der Waals surface area contributed by atoms with Crippen molar-refractivity contribution in [2.75, 3.05) is 12.4 Å². The number of pyridine rings is 1. The average molecular weight is 377 g/mol. The summed E-state index contributed by atoms with van der Waals surface area (Å²) in [5.41, 5.74) is 2.88. The molecule has 1 aliphatic heterocycles. The Morgan fingerprint density at radius 2 is 1.82 bits per heavy atom. The van der Waals surface area contributed by atoms with Crippen LogP contribution >= 0.6 is 0 Å². The van der Waals surface area contributed by atoms with Gasteiger partial charge in [0.05, 0.1) is 28.3 Å². The maximum absolute atomic E-state index is 12.9. The molecular formula is C20H19N5O3. The Labute approximate surface area is 161 Å². The molecule has 0 atom stereocenters. The highest BCUT2D eigenvalue weighted by molar-refractivity contribution is 6.22. The van der Waals surface area contributed by atoms with Crippen LogP contribution in [0.4, 0.5) is 5.69 Å². The van der Waals surface area contributed by atoms with E-state index in [0.717, 1.165) is 4.90 Å². The van der Waals surface area contributed by atoms with Gasteiger partial charge in [-0.25, -0.2) is 9.67 Å². The van der Waals surface area contributed by atoms with Crippen molar-refractivity contribution in [2.45, 2.75) is 26.8 Å². The molecule has 8 nitrogen and oxygen atoms in total. The number of fused-ring (bicyclic) bond motifs is 2. The molecule has 0 saturated heterocycles. The highest BCUT2D eigenvalue weighted by atomic mass is 16.2. The van der Waals surface area contributed by atoms with Gasteiger partial charge >= 0.3 is 0 Å². The third-order valence-corrected chi connectivity index (χ3v) is 4.78. The number of rotatable bonds is 3. The molecule has 0 spiro atoms. The van der Waals surface area contributed by atoms with Gasteiger partial charge in [0.1, 0.15) is 0 Å². The molecule has 0 fully saturated rings. The van der Waals surface area contributed by atoms with E-state index in [0.29, 0.717) is 33.5 Å². The summed E-state index contributed by atoms with van der Waals surface area (Å²) in [5, 5.41) is 7.81. The van der Waals surface area contributed by atoms with Gasteiger partial charge in [-0.3, -0.25) is 19.3 Å². The minimum atomic E-state index is -0.378. The second kappa shape index (κ2) is 6.26. The first-order valence-electron chi connectivity index (χ1n) is 8.90. The minimum absolute atomic E-state index is 0.111. The van der Waals surface area contributed by atoms with Crippen LogP contribution in [0.25, 0.3) is 11.0 Å². The number of amides is 3. The molecule has 1 N–H and O–H groups in total. The summed E-state index contributed by atoms with van der Waals surface area (Å²) < 4.78 is 1.77. The molecule has 142 valence electrons. The van der Waals surface area contributed by atoms with E-state index in [9.17, 15) is 14.4 Å². The molecule has 28 heavy (non-hydrogen) atoms. The van der Waals surface area contributed by atoms with Crippen molar-refractivity contribution in [3.8, 4) is 0 Å². The third kappa shape index (κ3) is 2.65. The SMILES string of the molecule is Cc1cc(C(=O)Nc2ccc3c(c2)C(=O)N(C)C3=O)c2cnn(C(C)C)c2n1. The van der Waals surface area contributed by atoms with E-state index < -0.39 is 0 Å². The van der Waals surface area contributed by atoms with Crippen LogP contribution in [-0.4, -0.2) is 44.4 Å². The zero-order valence-corrected chi connectivity index (χ0v) is 16.0. The van der Waals surface area contributed by atoms with Crippen molar-refractivity contribution in [1.82, 2.24) is 19.7 Å². The van der Waals surface area contributed by atoms with E-state index in [4.69, 9.17) is 0 Å². The molecule has 4 rings (SSSR count). The summed E-state index contributed by atoms with van der Waals surface area (Å²) in [6.45, 7) is 5.81. The summed E-state index contributed by atoms with van der Waals surface area (Å²) >= 11 is 0. The Hall–Kier alpha value is -3.55. The van der Waals surface area contributed by atoms with Gasteiger partial charge in [-0.1, -0.05) is 0 Å². The number of hydrogen-bond acceptors (Lipinski definition) is 5. The van der Waals surface area contributed by atoms with Crippen LogP contribution in [0.2, 0.25) is 0 Å². The monoisotopic (exact) mass is 377 g/mol. The van der Waals surface area contributed by atoms with Crippen LogP contribution in [-0.2, 0) is 0 Å². The van der Waals surface area contributed by atoms with Crippen LogP contribution in [0, 0.1) is 6.92 Å². The van der Waals surface area contributed by atoms with Crippen molar-refractivity contribution in [2.24, 2.45) is 0 Å². The third-order valence-electron chi connectivity index (χ3n) is 4.78. The molecule has 3 amide bonds. The normalized spacial score (nSPS) is 13.5. The summed E-state index contributed by atoms with van der Waals surface area (Å²) in [4.78, 5) is 42.7. The lowest BCUT2D eigenvalue weighted by Gasteiger charge is -2.10. The summed E-state index contributed by atoms with van der Waals surface area (Å²) in [5.74, 6) is -1.05. The van der Waals surface area contributed by atoms with E-state index in [1.54, 1.807) is 29.1 Å². The van der Waals surface area contributed by atoms with Crippen LogP contribution < -0.4 is 5.32 Å². The van der Waals surface area contributed by atoms with Crippen LogP contribution in [0.1, 0.15) is 56.7 Å². The first-order chi connectivity index (χ1) is 13.3. The Morgan fingerprint density at radius 3 is 2.54 bits per heavy atom. The maximum Gasteiger partial charge on any atom is 0.261 e. The topological polar surface area (TPSA) is 97.2 Å². The first kappa shape index (κ1) is 17.8. The van der Waals surface area contributed by atoms with Crippen LogP contribution in [0.5, 0.6) is 0 Å². The fourth-order valence-corrected chi connectivity index (χ4v) is 3.35. The highest BCUT2D eigenvalue weighted by Gasteiger charge is 2.32. The molecule has 8 heteroatoms. The van der Waals surface area contributed by atoms with Gasteiger partial charge in [0.2, 0.25) is 0 Å². The molecule has 3 heterocycles. The van der Waals surface area contributed by atoms with Crippen molar-refractivity contribution in [1.29, 1.82) is 0 Å². The number of carbonyl (C=O) groups excluding carboxylic acids is 3. The van der Waals surface area contributed by atoms with Crippen LogP contribution in [0.15, 0.2) is 30.5 Å². The number of nitrogens with zero attached hydrogens (tertiary/aromatic N) is 4. The van der Waals surface area contributed by atoms with Gasteiger partial charge < -0.3 is 5.32 Å². The lowest BCUT2D eigenvalue weighted by Crippen LogP contribution is -2.24. The van der Waals surface area contributed by atoms with Crippen molar-refractivity contribution < 1.29 is 14.4 Å². The molecular weight excluding hydrogens is 358 g/mol. The predicted molar refractivity (Wildman–Crippen MR) is 103 cm³/mol. The van der Waals surface area contributed by atoms with E-state index in [-0.39, 0.29) is 29.3 Å². The fourth-order valence-electron chi connectivity index (χ4n) is 3.35. The average Bonchev–Trinajstić information content (AvgIpc) is 3.17. The van der Waals surface area contributed by atoms with Gasteiger partial charge in [0.25, 0.3) is 17.7 Å². The standard InChI is InChI=1S/C20H19N5O3/c1-10(2)25-17-16(9-21-25)14(7-11(3)22-17)18(26)23-12-5-6-13-15(8-12)20(28)24(4)19(13)27/h5-10H,1-4H3,(H,23,26). The molecule has 0 bridgehead atoms. The van der Waals surface area contributed by atoms with E-state index >= 15 is 0 Å². The lowest BCUT2D eigenvalue weighted by molar-refractivity contribution is 0.0692. The zero-order chi connectivity index (χ0) is 20.2. The molecule has 0 saturated carbocycles. The van der Waals surface area contributed by atoms with Gasteiger partial charge in [0.15, 0.2) is 5.65 Å². The number of anilines is 1. The van der Waals surface area contributed by atoms with Gasteiger partial charge in [-0.2, -0.15) is 5.10 Å². The Balaban J connectivity index is 1.71. The number of nitrogens with one attached hydrogen (secondary N) is 1. The number of benzene rings is 1. The van der Waals surface area contributed by atoms with E-state index in [1.165, 1.54) is 13.1 Å². The fraction of sp³-hybridized carbons (Fsp3) is 0.250. The molecule has 1 aliphatic rings. The highest BCUT2D eigenvalue weighted by Crippen LogP contribution is 2.26. The van der Waals surface area contributed by atoms with Gasteiger partial charge in [-0.15, -0.1) is 0 Å². The Kier molecular flexibility index (Phi) is 3.99. The number of aromatic nitrogens is 3.